The molecule has 1 amide bonds. The minimum absolute atomic E-state index is 0.0504. The lowest BCUT2D eigenvalue weighted by Gasteiger charge is -2.20. The number of halogens is 2. The smallest absolute Gasteiger partial charge is 0.253 e. The molecular weight excluding hydrogens is 320 g/mol. The summed E-state index contributed by atoms with van der Waals surface area (Å²) < 4.78 is 1.78. The third-order valence-electron chi connectivity index (χ3n) is 1.94. The lowest BCUT2D eigenvalue weighted by molar-refractivity contribution is 0.0940. The Balaban J connectivity index is 2.65. The zero-order valence-electron chi connectivity index (χ0n) is 6.43. The fraction of sp³-hybridized carbons (Fsp3) is 0.286. The van der Waals surface area contributed by atoms with Crippen molar-refractivity contribution < 1.29 is 4.79 Å². The van der Waals surface area contributed by atoms with E-state index < -0.39 is 0 Å². The lowest BCUT2D eigenvalue weighted by atomic mass is 10.0. The van der Waals surface area contributed by atoms with E-state index in [0.717, 1.165) is 13.1 Å². The Morgan fingerprint density at radius 2 is 2.15 bits per heavy atom. The second-order valence-electron chi connectivity index (χ2n) is 2.75. The molecule has 3 N–H and O–H groups in total. The molecule has 1 atom stereocenters. The third-order valence-corrected chi connectivity index (χ3v) is 4.51. The van der Waals surface area contributed by atoms with E-state index in [4.69, 9.17) is 5.73 Å². The first-order valence-corrected chi connectivity index (χ1v) is 6.03. The molecule has 0 saturated heterocycles. The SMILES string of the molecule is NC1CNC(=O)c2c(Br)sc(Br)c21. The van der Waals surface area contributed by atoms with Crippen LogP contribution in [0.15, 0.2) is 7.57 Å². The van der Waals surface area contributed by atoms with Crippen LogP contribution in [0.3, 0.4) is 0 Å². The number of hydrogen-bond acceptors (Lipinski definition) is 3. The van der Waals surface area contributed by atoms with Gasteiger partial charge in [-0.3, -0.25) is 4.79 Å². The quantitative estimate of drug-likeness (QED) is 0.766. The highest BCUT2D eigenvalue weighted by Crippen LogP contribution is 2.40. The maximum absolute atomic E-state index is 11.5. The summed E-state index contributed by atoms with van der Waals surface area (Å²) in [5.41, 5.74) is 7.46. The number of nitrogens with two attached hydrogens (primary N) is 1. The Hall–Kier alpha value is 0.0900. The fourth-order valence-corrected chi connectivity index (χ4v) is 4.66. The summed E-state index contributed by atoms with van der Waals surface area (Å²) in [7, 11) is 0. The molecule has 2 heterocycles. The third kappa shape index (κ3) is 1.45. The number of rotatable bonds is 0. The lowest BCUT2D eigenvalue weighted by Crippen LogP contribution is -2.38. The highest BCUT2D eigenvalue weighted by atomic mass is 79.9. The van der Waals surface area contributed by atoms with E-state index in [0.29, 0.717) is 12.1 Å². The van der Waals surface area contributed by atoms with Gasteiger partial charge in [0.1, 0.15) is 0 Å². The average Bonchev–Trinajstić information content (AvgIpc) is 2.36. The Kier molecular flexibility index (Phi) is 2.48. The van der Waals surface area contributed by atoms with Crippen LogP contribution in [-0.2, 0) is 0 Å². The Labute approximate surface area is 95.9 Å². The Morgan fingerprint density at radius 1 is 1.46 bits per heavy atom. The number of nitrogens with one attached hydrogen (secondary N) is 1. The fourth-order valence-electron chi connectivity index (χ4n) is 1.32. The summed E-state index contributed by atoms with van der Waals surface area (Å²) >= 11 is 8.23. The molecule has 0 aliphatic carbocycles. The second kappa shape index (κ2) is 3.34. The molecule has 0 bridgehead atoms. The van der Waals surface area contributed by atoms with Crippen molar-refractivity contribution in [3.63, 3.8) is 0 Å². The first kappa shape index (κ1) is 9.64. The topological polar surface area (TPSA) is 55.1 Å². The first-order chi connectivity index (χ1) is 6.11. The molecule has 1 aromatic heterocycles. The molecule has 13 heavy (non-hydrogen) atoms. The van der Waals surface area contributed by atoms with Crippen LogP contribution >= 0.6 is 43.2 Å². The zero-order chi connectivity index (χ0) is 9.59. The summed E-state index contributed by atoms with van der Waals surface area (Å²) in [5.74, 6) is -0.0504. The highest BCUT2D eigenvalue weighted by molar-refractivity contribution is 9.12. The van der Waals surface area contributed by atoms with Gasteiger partial charge in [-0.2, -0.15) is 0 Å². The standard InChI is InChI=1S/C7H6Br2N2OS/c8-5-3-2(10)1-11-7(12)4(3)6(9)13-5/h2H,1,10H2,(H,11,12). The normalized spacial score (nSPS) is 21.2. The van der Waals surface area contributed by atoms with Gasteiger partial charge in [-0.25, -0.2) is 0 Å². The molecule has 1 aliphatic rings. The summed E-state index contributed by atoms with van der Waals surface area (Å²) in [6.45, 7) is 0.508. The molecule has 3 nitrogen and oxygen atoms in total. The van der Waals surface area contributed by atoms with Gasteiger partial charge in [0.2, 0.25) is 0 Å². The van der Waals surface area contributed by atoms with E-state index in [-0.39, 0.29) is 11.9 Å². The minimum Gasteiger partial charge on any atom is -0.350 e. The maximum Gasteiger partial charge on any atom is 0.253 e. The molecule has 1 unspecified atom stereocenters. The molecule has 1 aromatic rings. The number of carbonyl (C=O) groups is 1. The first-order valence-electron chi connectivity index (χ1n) is 3.62. The van der Waals surface area contributed by atoms with E-state index in [1.165, 1.54) is 11.3 Å². The van der Waals surface area contributed by atoms with Crippen LogP contribution in [-0.4, -0.2) is 12.5 Å². The summed E-state index contributed by atoms with van der Waals surface area (Å²) in [6, 6.07) is -0.107. The van der Waals surface area contributed by atoms with Crippen LogP contribution in [0.1, 0.15) is 22.0 Å². The molecule has 6 heteroatoms. The summed E-state index contributed by atoms with van der Waals surface area (Å²) in [4.78, 5) is 11.5. The van der Waals surface area contributed by atoms with Gasteiger partial charge >= 0.3 is 0 Å². The highest BCUT2D eigenvalue weighted by Gasteiger charge is 2.29. The van der Waals surface area contributed by atoms with Crippen LogP contribution in [0.2, 0.25) is 0 Å². The van der Waals surface area contributed by atoms with Crippen LogP contribution in [0.5, 0.6) is 0 Å². The van der Waals surface area contributed by atoms with Crippen molar-refractivity contribution in [2.24, 2.45) is 5.73 Å². The van der Waals surface area contributed by atoms with Crippen LogP contribution in [0, 0.1) is 0 Å². The molecule has 0 spiro atoms. The Bertz CT molecular complexity index is 377. The number of carbonyl (C=O) groups excluding carboxylic acids is 1. The van der Waals surface area contributed by atoms with Crippen LogP contribution in [0.4, 0.5) is 0 Å². The number of fused-ring (bicyclic) bond motifs is 1. The maximum atomic E-state index is 11.5. The van der Waals surface area contributed by atoms with E-state index in [2.05, 4.69) is 37.2 Å². The van der Waals surface area contributed by atoms with Crippen molar-refractivity contribution in [2.75, 3.05) is 6.54 Å². The molecule has 0 fully saturated rings. The average molecular weight is 326 g/mol. The Morgan fingerprint density at radius 3 is 2.77 bits per heavy atom. The van der Waals surface area contributed by atoms with Crippen LogP contribution < -0.4 is 11.1 Å². The molecule has 0 aromatic carbocycles. The van der Waals surface area contributed by atoms with Crippen molar-refractivity contribution >= 4 is 49.1 Å². The van der Waals surface area contributed by atoms with Crippen molar-refractivity contribution in [3.05, 3.63) is 18.7 Å². The largest absolute Gasteiger partial charge is 0.350 e. The summed E-state index contributed by atoms with van der Waals surface area (Å²) in [5, 5.41) is 2.73. The predicted octanol–water partition coefficient (Wildman–Crippen LogP) is 2.02. The van der Waals surface area contributed by atoms with Gasteiger partial charge in [-0.15, -0.1) is 11.3 Å². The van der Waals surface area contributed by atoms with Crippen molar-refractivity contribution in [2.45, 2.75) is 6.04 Å². The van der Waals surface area contributed by atoms with Gasteiger partial charge in [0.15, 0.2) is 0 Å². The van der Waals surface area contributed by atoms with Gasteiger partial charge in [-0.05, 0) is 31.9 Å². The molecule has 0 saturated carbocycles. The molecule has 70 valence electrons. The van der Waals surface area contributed by atoms with E-state index in [9.17, 15) is 4.79 Å². The number of thiophene rings is 1. The number of hydrogen-bond donors (Lipinski definition) is 2. The monoisotopic (exact) mass is 324 g/mol. The van der Waals surface area contributed by atoms with Gasteiger partial charge in [0.25, 0.3) is 5.91 Å². The molecule has 1 aliphatic heterocycles. The summed E-state index contributed by atoms with van der Waals surface area (Å²) in [6.07, 6.45) is 0. The van der Waals surface area contributed by atoms with Crippen LogP contribution in [0.25, 0.3) is 0 Å². The molecule has 2 rings (SSSR count). The molecular formula is C7H6Br2N2OS. The predicted molar refractivity (Wildman–Crippen MR) is 59.0 cm³/mol. The zero-order valence-corrected chi connectivity index (χ0v) is 10.4. The van der Waals surface area contributed by atoms with Crippen molar-refractivity contribution in [3.8, 4) is 0 Å². The van der Waals surface area contributed by atoms with E-state index in [1.54, 1.807) is 0 Å². The molecule has 0 radical (unpaired) electrons. The van der Waals surface area contributed by atoms with E-state index in [1.807, 2.05) is 0 Å². The van der Waals surface area contributed by atoms with Gasteiger partial charge in [-0.1, -0.05) is 0 Å². The van der Waals surface area contributed by atoms with Gasteiger partial charge in [0.05, 0.1) is 13.1 Å². The number of amides is 1. The van der Waals surface area contributed by atoms with E-state index >= 15 is 0 Å². The van der Waals surface area contributed by atoms with Gasteiger partial charge < -0.3 is 11.1 Å². The van der Waals surface area contributed by atoms with Crippen molar-refractivity contribution in [1.29, 1.82) is 0 Å². The van der Waals surface area contributed by atoms with Crippen molar-refractivity contribution in [1.82, 2.24) is 5.32 Å². The second-order valence-corrected chi connectivity index (χ2v) is 6.41. The van der Waals surface area contributed by atoms with Gasteiger partial charge in [0, 0.05) is 18.2 Å². The minimum atomic E-state index is -0.107.